The molecule has 0 N–H and O–H groups in total. The van der Waals surface area contributed by atoms with Crippen molar-refractivity contribution in [1.29, 1.82) is 0 Å². The molecule has 37 heavy (non-hydrogen) atoms. The number of nitrogens with zero attached hydrogens (tertiary/aromatic N) is 2. The van der Waals surface area contributed by atoms with Crippen molar-refractivity contribution < 1.29 is 0 Å². The quantitative estimate of drug-likeness (QED) is 0.249. The Bertz CT molecular complexity index is 1740. The van der Waals surface area contributed by atoms with Gasteiger partial charge < -0.3 is 0 Å². The zero-order valence-corrected chi connectivity index (χ0v) is 21.7. The van der Waals surface area contributed by atoms with Gasteiger partial charge in [0.2, 0.25) is 0 Å². The molecule has 7 rings (SSSR count). The second-order valence-electron chi connectivity index (χ2n) is 10.5. The summed E-state index contributed by atoms with van der Waals surface area (Å²) in [5, 5.41) is 5.23. The monoisotopic (exact) mass is 476 g/mol. The van der Waals surface area contributed by atoms with E-state index in [9.17, 15) is 0 Å². The molecule has 0 bridgehead atoms. The van der Waals surface area contributed by atoms with Gasteiger partial charge in [-0.05, 0) is 88.2 Å². The molecule has 0 amide bonds. The maximum atomic E-state index is 5.16. The molecule has 178 valence electrons. The Hall–Kier alpha value is -4.30. The smallest absolute Gasteiger partial charge is 0.0924 e. The molecule has 2 heteroatoms. The maximum absolute atomic E-state index is 5.16. The van der Waals surface area contributed by atoms with E-state index >= 15 is 0 Å². The third kappa shape index (κ3) is 3.33. The summed E-state index contributed by atoms with van der Waals surface area (Å²) in [6.07, 6.45) is 2.76. The highest BCUT2D eigenvalue weighted by Gasteiger charge is 2.23. The van der Waals surface area contributed by atoms with Gasteiger partial charge in [-0.2, -0.15) is 0 Å². The second-order valence-corrected chi connectivity index (χ2v) is 10.5. The van der Waals surface area contributed by atoms with E-state index in [-0.39, 0.29) is 0 Å². The third-order valence-electron chi connectivity index (χ3n) is 8.06. The van der Waals surface area contributed by atoms with Crippen molar-refractivity contribution in [2.24, 2.45) is 0 Å². The molecule has 0 atom stereocenters. The minimum Gasteiger partial charge on any atom is -0.252 e. The fraction of sp³-hybridized carbons (Fsp3) is 0.143. The van der Waals surface area contributed by atoms with E-state index in [4.69, 9.17) is 9.97 Å². The number of hydrogen-bond acceptors (Lipinski definition) is 2. The SMILES string of the molecule is Cc1cccc2c(-c3ccc4c(c3)Cc3nc(-c5ccc(C)c6c(C)cccc56)cnc3-4)ccc(C)c12. The second kappa shape index (κ2) is 8.11. The van der Waals surface area contributed by atoms with Crippen molar-refractivity contribution in [2.75, 3.05) is 0 Å². The van der Waals surface area contributed by atoms with E-state index in [2.05, 4.69) is 107 Å². The molecule has 6 aromatic rings. The molecular formula is C35H28N2. The van der Waals surface area contributed by atoms with Gasteiger partial charge in [-0.15, -0.1) is 0 Å². The molecule has 0 radical (unpaired) electrons. The van der Waals surface area contributed by atoms with Gasteiger partial charge in [0, 0.05) is 17.5 Å². The summed E-state index contributed by atoms with van der Waals surface area (Å²) in [4.78, 5) is 10.1. The molecule has 2 nitrogen and oxygen atoms in total. The lowest BCUT2D eigenvalue weighted by Gasteiger charge is -2.12. The maximum Gasteiger partial charge on any atom is 0.0924 e. The van der Waals surface area contributed by atoms with Crippen molar-refractivity contribution in [3.05, 3.63) is 119 Å². The number of hydrogen-bond donors (Lipinski definition) is 0. The minimum absolute atomic E-state index is 0.811. The van der Waals surface area contributed by atoms with Gasteiger partial charge in [-0.1, -0.05) is 78.9 Å². The van der Waals surface area contributed by atoms with Crippen LogP contribution in [0.15, 0.2) is 85.1 Å². The predicted octanol–water partition coefficient (Wildman–Crippen LogP) is 8.92. The van der Waals surface area contributed by atoms with Crippen molar-refractivity contribution >= 4 is 21.5 Å². The largest absolute Gasteiger partial charge is 0.252 e. The van der Waals surface area contributed by atoms with Crippen LogP contribution in [0.5, 0.6) is 0 Å². The standard InChI is InChI=1S/C35H28N2/c1-20-7-5-9-29-26(14-11-22(3)33(20)29)24-13-16-27-25(17-24)18-31-35(27)36-19-32(37-31)28-15-12-23(4)34-21(2)8-6-10-30(28)34/h5-17,19H,18H2,1-4H3. The van der Waals surface area contributed by atoms with E-state index < -0.39 is 0 Å². The molecular weight excluding hydrogens is 448 g/mol. The number of aromatic nitrogens is 2. The van der Waals surface area contributed by atoms with Crippen LogP contribution in [0, 0.1) is 27.7 Å². The molecule has 0 spiro atoms. The lowest BCUT2D eigenvalue weighted by atomic mass is 9.92. The summed E-state index contributed by atoms with van der Waals surface area (Å²) in [6.45, 7) is 8.76. The molecule has 0 unspecified atom stereocenters. The first kappa shape index (κ1) is 21.9. The minimum atomic E-state index is 0.811. The Balaban J connectivity index is 1.32. The lowest BCUT2D eigenvalue weighted by molar-refractivity contribution is 1.09. The first-order valence-corrected chi connectivity index (χ1v) is 13.0. The molecule has 1 aliphatic rings. The van der Waals surface area contributed by atoms with Crippen molar-refractivity contribution in [3.8, 4) is 33.6 Å². The molecule has 5 aromatic carbocycles. The third-order valence-corrected chi connectivity index (χ3v) is 8.06. The fourth-order valence-electron chi connectivity index (χ4n) is 6.29. The zero-order chi connectivity index (χ0) is 25.3. The summed E-state index contributed by atoms with van der Waals surface area (Å²) in [7, 11) is 0. The van der Waals surface area contributed by atoms with Crippen molar-refractivity contribution in [2.45, 2.75) is 34.1 Å². The molecule has 0 saturated heterocycles. The summed E-state index contributed by atoms with van der Waals surface area (Å²) < 4.78 is 0. The van der Waals surface area contributed by atoms with Crippen LogP contribution < -0.4 is 0 Å². The average Bonchev–Trinajstić information content (AvgIpc) is 3.26. The molecule has 1 aromatic heterocycles. The van der Waals surface area contributed by atoms with Crippen LogP contribution in [-0.2, 0) is 6.42 Å². The van der Waals surface area contributed by atoms with Crippen LogP contribution in [-0.4, -0.2) is 9.97 Å². The first-order chi connectivity index (χ1) is 18.0. The zero-order valence-electron chi connectivity index (χ0n) is 21.7. The number of fused-ring (bicyclic) bond motifs is 5. The van der Waals surface area contributed by atoms with Gasteiger partial charge in [0.15, 0.2) is 0 Å². The number of benzene rings is 5. The Morgan fingerprint density at radius 1 is 0.595 bits per heavy atom. The lowest BCUT2D eigenvalue weighted by Crippen LogP contribution is -1.95. The number of rotatable bonds is 2. The van der Waals surface area contributed by atoms with Gasteiger partial charge in [0.05, 0.1) is 23.3 Å². The highest BCUT2D eigenvalue weighted by Crippen LogP contribution is 2.40. The Kier molecular flexibility index (Phi) is 4.81. The predicted molar refractivity (Wildman–Crippen MR) is 155 cm³/mol. The normalized spacial score (nSPS) is 12.2. The Labute approximate surface area is 217 Å². The molecule has 0 aliphatic heterocycles. The van der Waals surface area contributed by atoms with Crippen LogP contribution in [0.3, 0.4) is 0 Å². The highest BCUT2D eigenvalue weighted by atomic mass is 14.8. The van der Waals surface area contributed by atoms with Crippen LogP contribution in [0.4, 0.5) is 0 Å². The summed E-state index contributed by atoms with van der Waals surface area (Å²) in [5.74, 6) is 0. The van der Waals surface area contributed by atoms with Crippen molar-refractivity contribution in [3.63, 3.8) is 0 Å². The van der Waals surface area contributed by atoms with Gasteiger partial charge in [0.25, 0.3) is 0 Å². The average molecular weight is 477 g/mol. The highest BCUT2D eigenvalue weighted by molar-refractivity contribution is 6.01. The molecule has 1 aliphatic carbocycles. The summed E-state index contributed by atoms with van der Waals surface area (Å²) in [5.41, 5.74) is 14.5. The van der Waals surface area contributed by atoms with Gasteiger partial charge in [0.1, 0.15) is 0 Å². The van der Waals surface area contributed by atoms with E-state index in [1.807, 2.05) is 6.20 Å². The molecule has 1 heterocycles. The van der Waals surface area contributed by atoms with E-state index in [0.717, 1.165) is 29.1 Å². The van der Waals surface area contributed by atoms with Gasteiger partial charge in [-0.25, -0.2) is 4.98 Å². The Morgan fingerprint density at radius 3 is 1.89 bits per heavy atom. The fourth-order valence-corrected chi connectivity index (χ4v) is 6.29. The molecule has 0 saturated carbocycles. The Morgan fingerprint density at radius 2 is 1.19 bits per heavy atom. The van der Waals surface area contributed by atoms with Gasteiger partial charge >= 0.3 is 0 Å². The van der Waals surface area contributed by atoms with Gasteiger partial charge in [-0.3, -0.25) is 4.98 Å². The number of aryl methyl sites for hydroxylation is 4. The van der Waals surface area contributed by atoms with Crippen LogP contribution in [0.2, 0.25) is 0 Å². The van der Waals surface area contributed by atoms with Crippen LogP contribution >= 0.6 is 0 Å². The van der Waals surface area contributed by atoms with Crippen LogP contribution in [0.25, 0.3) is 55.2 Å². The summed E-state index contributed by atoms with van der Waals surface area (Å²) in [6, 6.07) is 28.8. The van der Waals surface area contributed by atoms with Crippen LogP contribution in [0.1, 0.15) is 33.5 Å². The molecule has 0 fully saturated rings. The van der Waals surface area contributed by atoms with Crippen molar-refractivity contribution in [1.82, 2.24) is 9.97 Å². The first-order valence-electron chi connectivity index (χ1n) is 13.0. The topological polar surface area (TPSA) is 25.8 Å². The van der Waals surface area contributed by atoms with E-state index in [1.54, 1.807) is 0 Å². The van der Waals surface area contributed by atoms with E-state index in [0.29, 0.717) is 0 Å². The summed E-state index contributed by atoms with van der Waals surface area (Å²) >= 11 is 0. The van der Waals surface area contributed by atoms with E-state index in [1.165, 1.54) is 66.1 Å².